The van der Waals surface area contributed by atoms with Gasteiger partial charge in [-0.2, -0.15) is 0 Å². The van der Waals surface area contributed by atoms with Crippen LogP contribution in [0.4, 0.5) is 9.52 Å². The van der Waals surface area contributed by atoms with Crippen LogP contribution in [0.25, 0.3) is 11.3 Å². The van der Waals surface area contributed by atoms with Gasteiger partial charge in [0.25, 0.3) is 5.91 Å². The average molecular weight is 383 g/mol. The van der Waals surface area contributed by atoms with Gasteiger partial charge in [-0.15, -0.1) is 11.3 Å². The first kappa shape index (κ1) is 18.7. The van der Waals surface area contributed by atoms with E-state index in [1.807, 2.05) is 11.4 Å². The first-order valence-electron chi connectivity index (χ1n) is 8.46. The molecule has 0 aliphatic heterocycles. The molecule has 1 aromatic heterocycles. The summed E-state index contributed by atoms with van der Waals surface area (Å²) in [7, 11) is 0. The number of carbonyl (C=O) groups is 2. The van der Waals surface area contributed by atoms with Crippen LogP contribution in [-0.4, -0.2) is 23.3 Å². The third-order valence-corrected chi connectivity index (χ3v) is 4.55. The Morgan fingerprint density at radius 3 is 2.52 bits per heavy atom. The molecule has 2 aromatic carbocycles. The average Bonchev–Trinajstić information content (AvgIpc) is 3.14. The van der Waals surface area contributed by atoms with E-state index in [2.05, 4.69) is 15.6 Å². The van der Waals surface area contributed by atoms with Crippen LogP contribution in [0.2, 0.25) is 0 Å². The van der Waals surface area contributed by atoms with Gasteiger partial charge in [0.1, 0.15) is 5.82 Å². The van der Waals surface area contributed by atoms with Crippen LogP contribution in [0, 0.1) is 5.82 Å². The summed E-state index contributed by atoms with van der Waals surface area (Å²) < 4.78 is 13.0. The Kier molecular flexibility index (Phi) is 6.27. The van der Waals surface area contributed by atoms with Gasteiger partial charge in [0.05, 0.1) is 5.69 Å². The summed E-state index contributed by atoms with van der Waals surface area (Å²) in [4.78, 5) is 28.2. The molecule has 0 aliphatic carbocycles. The number of anilines is 1. The normalized spacial score (nSPS) is 10.4. The third kappa shape index (κ3) is 5.46. The quantitative estimate of drug-likeness (QED) is 0.604. The Labute approximate surface area is 160 Å². The smallest absolute Gasteiger partial charge is 0.251 e. The van der Waals surface area contributed by atoms with Gasteiger partial charge in [-0.3, -0.25) is 9.59 Å². The van der Waals surface area contributed by atoms with Crippen LogP contribution in [-0.2, 0) is 4.79 Å². The summed E-state index contributed by atoms with van der Waals surface area (Å²) in [5, 5.41) is 7.83. The fourth-order valence-corrected chi connectivity index (χ4v) is 3.14. The molecule has 5 nitrogen and oxygen atoms in total. The fourth-order valence-electron chi connectivity index (χ4n) is 2.41. The summed E-state index contributed by atoms with van der Waals surface area (Å²) in [5.74, 6) is -0.620. The highest BCUT2D eigenvalue weighted by Gasteiger charge is 2.09. The lowest BCUT2D eigenvalue weighted by atomic mass is 10.2. The highest BCUT2D eigenvalue weighted by Crippen LogP contribution is 2.25. The first-order chi connectivity index (χ1) is 13.1. The Morgan fingerprint density at radius 2 is 1.78 bits per heavy atom. The van der Waals surface area contributed by atoms with E-state index in [1.165, 1.54) is 23.5 Å². The van der Waals surface area contributed by atoms with E-state index < -0.39 is 0 Å². The standard InChI is InChI=1S/C20H18FN3O2S/c21-16-10-8-14(9-11-16)17-13-27-20(23-17)24-18(25)7-4-12-22-19(26)15-5-2-1-3-6-15/h1-3,5-6,8-11,13H,4,7,12H2,(H,22,26)(H,23,24,25). The second-order valence-corrected chi connectivity index (χ2v) is 6.68. The predicted octanol–water partition coefficient (Wildman–Crippen LogP) is 4.10. The maximum absolute atomic E-state index is 13.0. The predicted molar refractivity (Wildman–Crippen MR) is 104 cm³/mol. The van der Waals surface area contributed by atoms with E-state index in [4.69, 9.17) is 0 Å². The number of nitrogens with zero attached hydrogens (tertiary/aromatic N) is 1. The van der Waals surface area contributed by atoms with Crippen molar-refractivity contribution in [3.63, 3.8) is 0 Å². The molecule has 2 amide bonds. The molecule has 0 unspecified atom stereocenters. The van der Waals surface area contributed by atoms with Gasteiger partial charge in [-0.25, -0.2) is 9.37 Å². The second kappa shape index (κ2) is 9.05. The molecule has 0 bridgehead atoms. The van der Waals surface area contributed by atoms with Gasteiger partial charge in [0, 0.05) is 29.5 Å². The Bertz CT molecular complexity index is 910. The summed E-state index contributed by atoms with van der Waals surface area (Å²) in [6.45, 7) is 0.417. The number of aromatic nitrogens is 1. The van der Waals surface area contributed by atoms with Crippen LogP contribution >= 0.6 is 11.3 Å². The van der Waals surface area contributed by atoms with E-state index >= 15 is 0 Å². The molecule has 2 N–H and O–H groups in total. The van der Waals surface area contributed by atoms with E-state index in [-0.39, 0.29) is 24.1 Å². The van der Waals surface area contributed by atoms with Crippen molar-refractivity contribution in [1.82, 2.24) is 10.3 Å². The Morgan fingerprint density at radius 1 is 1.04 bits per heavy atom. The zero-order valence-corrected chi connectivity index (χ0v) is 15.3. The molecule has 0 aliphatic rings. The van der Waals surface area contributed by atoms with Crippen molar-refractivity contribution < 1.29 is 14.0 Å². The van der Waals surface area contributed by atoms with Gasteiger partial charge in [0.15, 0.2) is 5.13 Å². The summed E-state index contributed by atoms with van der Waals surface area (Å²) in [6, 6.07) is 15.0. The van der Waals surface area contributed by atoms with E-state index in [1.54, 1.807) is 36.4 Å². The number of hydrogen-bond acceptors (Lipinski definition) is 4. The second-order valence-electron chi connectivity index (χ2n) is 5.82. The molecule has 0 atom stereocenters. The number of amides is 2. The Hall–Kier alpha value is -3.06. The monoisotopic (exact) mass is 383 g/mol. The summed E-state index contributed by atoms with van der Waals surface area (Å²) in [5.41, 5.74) is 2.07. The van der Waals surface area contributed by atoms with Crippen LogP contribution in [0.1, 0.15) is 23.2 Å². The van der Waals surface area contributed by atoms with E-state index in [0.29, 0.717) is 29.4 Å². The minimum Gasteiger partial charge on any atom is -0.352 e. The van der Waals surface area contributed by atoms with Gasteiger partial charge < -0.3 is 10.6 Å². The molecular formula is C20H18FN3O2S. The minimum absolute atomic E-state index is 0.153. The summed E-state index contributed by atoms with van der Waals surface area (Å²) in [6.07, 6.45) is 0.807. The fraction of sp³-hybridized carbons (Fsp3) is 0.150. The van der Waals surface area contributed by atoms with Crippen LogP contribution in [0.5, 0.6) is 0 Å². The maximum Gasteiger partial charge on any atom is 0.251 e. The number of carbonyl (C=O) groups excluding carboxylic acids is 2. The molecule has 0 radical (unpaired) electrons. The SMILES string of the molecule is O=C(CCCNC(=O)c1ccccc1)Nc1nc(-c2ccc(F)cc2)cs1. The van der Waals surface area contributed by atoms with Crippen molar-refractivity contribution in [2.45, 2.75) is 12.8 Å². The lowest BCUT2D eigenvalue weighted by molar-refractivity contribution is -0.116. The number of thiazole rings is 1. The molecule has 0 saturated carbocycles. The number of rotatable bonds is 7. The van der Waals surface area contributed by atoms with Gasteiger partial charge in [-0.05, 0) is 42.8 Å². The van der Waals surface area contributed by atoms with Crippen molar-refractivity contribution in [1.29, 1.82) is 0 Å². The Balaban J connectivity index is 1.42. The van der Waals surface area contributed by atoms with Crippen molar-refractivity contribution in [2.75, 3.05) is 11.9 Å². The van der Waals surface area contributed by atoms with Crippen LogP contribution in [0.15, 0.2) is 60.0 Å². The molecule has 0 spiro atoms. The first-order valence-corrected chi connectivity index (χ1v) is 9.34. The van der Waals surface area contributed by atoms with E-state index in [0.717, 1.165) is 5.56 Å². The zero-order chi connectivity index (χ0) is 19.1. The third-order valence-electron chi connectivity index (χ3n) is 3.79. The molecule has 0 saturated heterocycles. The van der Waals surface area contributed by atoms with Gasteiger partial charge in [0.2, 0.25) is 5.91 Å². The van der Waals surface area contributed by atoms with Gasteiger partial charge in [-0.1, -0.05) is 18.2 Å². The number of benzene rings is 2. The lowest BCUT2D eigenvalue weighted by Gasteiger charge is -2.05. The maximum atomic E-state index is 13.0. The van der Waals surface area contributed by atoms with Crippen molar-refractivity contribution in [3.8, 4) is 11.3 Å². The molecule has 3 rings (SSSR count). The largest absolute Gasteiger partial charge is 0.352 e. The molecule has 1 heterocycles. The van der Waals surface area contributed by atoms with Crippen molar-refractivity contribution in [3.05, 3.63) is 71.4 Å². The highest BCUT2D eigenvalue weighted by molar-refractivity contribution is 7.14. The molecule has 0 fully saturated rings. The topological polar surface area (TPSA) is 71.1 Å². The number of halogens is 1. The molecule has 138 valence electrons. The van der Waals surface area contributed by atoms with Gasteiger partial charge >= 0.3 is 0 Å². The minimum atomic E-state index is -0.304. The molecular weight excluding hydrogens is 365 g/mol. The number of nitrogens with one attached hydrogen (secondary N) is 2. The molecule has 7 heteroatoms. The molecule has 27 heavy (non-hydrogen) atoms. The summed E-state index contributed by atoms with van der Waals surface area (Å²) >= 11 is 1.31. The van der Waals surface area contributed by atoms with Crippen molar-refractivity contribution in [2.24, 2.45) is 0 Å². The van der Waals surface area contributed by atoms with Crippen LogP contribution < -0.4 is 10.6 Å². The molecule has 3 aromatic rings. The highest BCUT2D eigenvalue weighted by atomic mass is 32.1. The van der Waals surface area contributed by atoms with Crippen LogP contribution in [0.3, 0.4) is 0 Å². The zero-order valence-electron chi connectivity index (χ0n) is 14.4. The van der Waals surface area contributed by atoms with E-state index in [9.17, 15) is 14.0 Å². The van der Waals surface area contributed by atoms with Crippen molar-refractivity contribution >= 4 is 28.3 Å². The number of hydrogen-bond donors (Lipinski definition) is 2. The lowest BCUT2D eigenvalue weighted by Crippen LogP contribution is -2.25.